The predicted molar refractivity (Wildman–Crippen MR) is 104 cm³/mol. The molecular formula is C21H21F3N2O3. The van der Waals surface area contributed by atoms with Crippen LogP contribution in [0.25, 0.3) is 6.08 Å². The van der Waals surface area contributed by atoms with E-state index in [9.17, 15) is 22.8 Å². The van der Waals surface area contributed by atoms with E-state index in [-0.39, 0.29) is 11.7 Å². The summed E-state index contributed by atoms with van der Waals surface area (Å²) in [5.74, 6) is -0.826. The second kappa shape index (κ2) is 9.77. The number of carbonyl (C=O) groups is 2. The summed E-state index contributed by atoms with van der Waals surface area (Å²) in [4.78, 5) is 26.0. The highest BCUT2D eigenvalue weighted by atomic mass is 19.4. The molecule has 1 N–H and O–H groups in total. The van der Waals surface area contributed by atoms with Crippen LogP contribution in [0.1, 0.15) is 29.8 Å². The van der Waals surface area contributed by atoms with Crippen LogP contribution >= 0.6 is 0 Å². The zero-order valence-electron chi connectivity index (χ0n) is 16.0. The molecule has 0 radical (unpaired) electrons. The van der Waals surface area contributed by atoms with Crippen molar-refractivity contribution in [2.75, 3.05) is 18.4 Å². The molecule has 8 heteroatoms. The predicted octanol–water partition coefficient (Wildman–Crippen LogP) is 4.72. The van der Waals surface area contributed by atoms with Gasteiger partial charge in [-0.15, -0.1) is 13.2 Å². The lowest BCUT2D eigenvalue weighted by Crippen LogP contribution is -2.30. The van der Waals surface area contributed by atoms with Crippen molar-refractivity contribution in [3.8, 4) is 5.75 Å². The van der Waals surface area contributed by atoms with E-state index in [1.165, 1.54) is 24.3 Å². The number of alkyl halides is 3. The summed E-state index contributed by atoms with van der Waals surface area (Å²) in [7, 11) is 0. The molecule has 0 saturated carbocycles. The molecule has 0 saturated heterocycles. The van der Waals surface area contributed by atoms with Gasteiger partial charge in [0.2, 0.25) is 5.91 Å². The topological polar surface area (TPSA) is 58.6 Å². The Hall–Kier alpha value is -3.29. The average Bonchev–Trinajstić information content (AvgIpc) is 2.68. The van der Waals surface area contributed by atoms with Crippen molar-refractivity contribution in [2.24, 2.45) is 0 Å². The van der Waals surface area contributed by atoms with Gasteiger partial charge in [0, 0.05) is 30.4 Å². The molecule has 0 fully saturated rings. The highest BCUT2D eigenvalue weighted by Crippen LogP contribution is 2.23. The lowest BCUT2D eigenvalue weighted by Gasteiger charge is -2.18. The van der Waals surface area contributed by atoms with Gasteiger partial charge in [-0.3, -0.25) is 9.59 Å². The minimum atomic E-state index is -4.75. The monoisotopic (exact) mass is 406 g/mol. The van der Waals surface area contributed by atoms with E-state index in [2.05, 4.69) is 10.1 Å². The van der Waals surface area contributed by atoms with Gasteiger partial charge in [0.15, 0.2) is 0 Å². The third-order valence-electron chi connectivity index (χ3n) is 3.99. The zero-order chi connectivity index (χ0) is 21.4. The molecule has 0 bridgehead atoms. The summed E-state index contributed by atoms with van der Waals surface area (Å²) in [6.07, 6.45) is -2.03. The van der Waals surface area contributed by atoms with Gasteiger partial charge >= 0.3 is 6.36 Å². The molecule has 5 nitrogen and oxygen atoms in total. The van der Waals surface area contributed by atoms with E-state index < -0.39 is 12.3 Å². The first-order chi connectivity index (χ1) is 13.7. The Kier molecular flexibility index (Phi) is 7.41. The first-order valence-electron chi connectivity index (χ1n) is 8.96. The maximum absolute atomic E-state index is 12.3. The number of nitrogens with one attached hydrogen (secondary N) is 1. The van der Waals surface area contributed by atoms with E-state index in [1.54, 1.807) is 29.2 Å². The number of ether oxygens (including phenoxy) is 1. The lowest BCUT2D eigenvalue weighted by molar-refractivity contribution is -0.274. The van der Waals surface area contributed by atoms with Crippen molar-refractivity contribution in [2.45, 2.75) is 20.2 Å². The summed E-state index contributed by atoms with van der Waals surface area (Å²) >= 11 is 0. The summed E-state index contributed by atoms with van der Waals surface area (Å²) in [5.41, 5.74) is 1.59. The Morgan fingerprint density at radius 3 is 2.10 bits per heavy atom. The zero-order valence-corrected chi connectivity index (χ0v) is 16.0. The quantitative estimate of drug-likeness (QED) is 0.677. The maximum atomic E-state index is 12.3. The number of nitrogens with zero attached hydrogens (tertiary/aromatic N) is 1. The lowest BCUT2D eigenvalue weighted by atomic mass is 10.1. The Balaban J connectivity index is 1.94. The number of hydrogen-bond donors (Lipinski definition) is 1. The van der Waals surface area contributed by atoms with Crippen LogP contribution in [-0.2, 0) is 4.79 Å². The minimum absolute atomic E-state index is 0.0780. The van der Waals surface area contributed by atoms with E-state index in [1.807, 2.05) is 13.8 Å². The smallest absolute Gasteiger partial charge is 0.406 e. The van der Waals surface area contributed by atoms with Crippen molar-refractivity contribution in [3.63, 3.8) is 0 Å². The molecule has 2 amide bonds. The summed E-state index contributed by atoms with van der Waals surface area (Å²) in [5, 5.41) is 2.65. The Labute approximate surface area is 166 Å². The van der Waals surface area contributed by atoms with Gasteiger partial charge in [-0.25, -0.2) is 0 Å². The first-order valence-corrected chi connectivity index (χ1v) is 8.96. The fraction of sp³-hybridized carbons (Fsp3) is 0.238. The van der Waals surface area contributed by atoms with Gasteiger partial charge in [-0.2, -0.15) is 0 Å². The average molecular weight is 406 g/mol. The summed E-state index contributed by atoms with van der Waals surface area (Å²) < 4.78 is 40.2. The molecule has 2 aromatic carbocycles. The van der Waals surface area contributed by atoms with Crippen LogP contribution in [-0.4, -0.2) is 36.2 Å². The van der Waals surface area contributed by atoms with E-state index >= 15 is 0 Å². The van der Waals surface area contributed by atoms with Crippen molar-refractivity contribution >= 4 is 23.6 Å². The molecule has 0 aliphatic carbocycles. The number of hydrogen-bond acceptors (Lipinski definition) is 3. The normalized spacial score (nSPS) is 11.3. The fourth-order valence-electron chi connectivity index (χ4n) is 2.53. The third-order valence-corrected chi connectivity index (χ3v) is 3.99. The molecule has 0 atom stereocenters. The molecule has 0 aliphatic rings. The second-order valence-corrected chi connectivity index (χ2v) is 5.99. The molecule has 0 aliphatic heterocycles. The van der Waals surface area contributed by atoms with Crippen LogP contribution in [0, 0.1) is 0 Å². The minimum Gasteiger partial charge on any atom is -0.406 e. The van der Waals surface area contributed by atoms with Gasteiger partial charge in [-0.1, -0.05) is 12.1 Å². The number of benzene rings is 2. The van der Waals surface area contributed by atoms with Crippen molar-refractivity contribution in [1.29, 1.82) is 0 Å². The van der Waals surface area contributed by atoms with Crippen LogP contribution < -0.4 is 10.1 Å². The van der Waals surface area contributed by atoms with Gasteiger partial charge in [0.1, 0.15) is 5.75 Å². The van der Waals surface area contributed by atoms with Crippen molar-refractivity contribution in [3.05, 3.63) is 65.7 Å². The molecule has 29 heavy (non-hydrogen) atoms. The first kappa shape index (κ1) is 22.0. The number of amides is 2. The molecule has 2 aromatic rings. The molecule has 0 aromatic heterocycles. The molecule has 0 heterocycles. The van der Waals surface area contributed by atoms with Crippen LogP contribution in [0.15, 0.2) is 54.6 Å². The third kappa shape index (κ3) is 6.99. The largest absolute Gasteiger partial charge is 0.573 e. The maximum Gasteiger partial charge on any atom is 0.573 e. The van der Waals surface area contributed by atoms with Crippen LogP contribution in [0.2, 0.25) is 0 Å². The standard InChI is InChI=1S/C21H21F3N2O3/c1-3-26(4-2)20(28)16-8-10-17(11-9-16)25-19(27)14-7-15-5-12-18(13-6-15)29-21(22,23)24/h5-14H,3-4H2,1-2H3,(H,25,27)/b14-7+. The summed E-state index contributed by atoms with van der Waals surface area (Å²) in [6, 6.07) is 11.7. The molecular weight excluding hydrogens is 385 g/mol. The van der Waals surface area contributed by atoms with Gasteiger partial charge < -0.3 is 15.0 Å². The van der Waals surface area contributed by atoms with E-state index in [0.717, 1.165) is 12.1 Å². The SMILES string of the molecule is CCN(CC)C(=O)c1ccc(NC(=O)/C=C/c2ccc(OC(F)(F)F)cc2)cc1. The molecule has 2 rings (SSSR count). The molecule has 0 spiro atoms. The van der Waals surface area contributed by atoms with Crippen LogP contribution in [0.4, 0.5) is 18.9 Å². The fourth-order valence-corrected chi connectivity index (χ4v) is 2.53. The number of rotatable bonds is 7. The van der Waals surface area contributed by atoms with E-state index in [0.29, 0.717) is 29.9 Å². The number of halogens is 3. The molecule has 0 unspecified atom stereocenters. The van der Waals surface area contributed by atoms with Crippen molar-refractivity contribution in [1.82, 2.24) is 4.90 Å². The van der Waals surface area contributed by atoms with Crippen LogP contribution in [0.3, 0.4) is 0 Å². The van der Waals surface area contributed by atoms with Crippen LogP contribution in [0.5, 0.6) is 5.75 Å². The number of carbonyl (C=O) groups excluding carboxylic acids is 2. The Morgan fingerprint density at radius 2 is 1.59 bits per heavy atom. The molecule has 154 valence electrons. The van der Waals surface area contributed by atoms with Gasteiger partial charge in [0.25, 0.3) is 5.91 Å². The summed E-state index contributed by atoms with van der Waals surface area (Å²) in [6.45, 7) is 5.03. The van der Waals surface area contributed by atoms with Gasteiger partial charge in [-0.05, 0) is 61.9 Å². The van der Waals surface area contributed by atoms with Gasteiger partial charge in [0.05, 0.1) is 0 Å². The Bertz CT molecular complexity index is 856. The Morgan fingerprint density at radius 1 is 1.00 bits per heavy atom. The highest BCUT2D eigenvalue weighted by molar-refractivity contribution is 6.02. The van der Waals surface area contributed by atoms with E-state index in [4.69, 9.17) is 0 Å². The highest BCUT2D eigenvalue weighted by Gasteiger charge is 2.30. The van der Waals surface area contributed by atoms with Crippen molar-refractivity contribution < 1.29 is 27.5 Å². The number of anilines is 1. The second-order valence-electron chi connectivity index (χ2n) is 5.99.